The lowest BCUT2D eigenvalue weighted by Crippen LogP contribution is -2.23. The molecule has 0 aromatic heterocycles. The molecule has 0 saturated carbocycles. The molecule has 108 valence electrons. The minimum atomic E-state index is -3.88. The maximum atomic E-state index is 13.2. The summed E-state index contributed by atoms with van der Waals surface area (Å²) in [7, 11) is -3.88. The zero-order chi connectivity index (χ0) is 15.5. The highest BCUT2D eigenvalue weighted by Crippen LogP contribution is 2.15. The van der Waals surface area contributed by atoms with E-state index in [1.54, 1.807) is 6.07 Å². The molecule has 2 aromatic carbocycles. The lowest BCUT2D eigenvalue weighted by atomic mass is 10.2. The Balaban J connectivity index is 2.19. The molecule has 0 amide bonds. The molecule has 21 heavy (non-hydrogen) atoms. The summed E-state index contributed by atoms with van der Waals surface area (Å²) in [5.74, 6) is -1.20. The molecule has 0 fully saturated rings. The van der Waals surface area contributed by atoms with Gasteiger partial charge in [-0.05, 0) is 35.9 Å². The first kappa shape index (κ1) is 15.1. The van der Waals surface area contributed by atoms with E-state index >= 15 is 0 Å². The Bertz CT molecular complexity index is 797. The third kappa shape index (κ3) is 3.62. The molecule has 0 aliphatic carbocycles. The van der Waals surface area contributed by atoms with Crippen molar-refractivity contribution in [3.05, 3.63) is 65.2 Å². The van der Waals surface area contributed by atoms with Gasteiger partial charge >= 0.3 is 0 Å². The van der Waals surface area contributed by atoms with E-state index in [0.29, 0.717) is 5.56 Å². The average molecular weight is 308 g/mol. The number of nitriles is 1. The van der Waals surface area contributed by atoms with Crippen molar-refractivity contribution >= 4 is 10.0 Å². The molecule has 0 saturated heterocycles. The van der Waals surface area contributed by atoms with Crippen molar-refractivity contribution in [1.82, 2.24) is 4.72 Å². The van der Waals surface area contributed by atoms with Crippen LogP contribution < -0.4 is 4.72 Å². The van der Waals surface area contributed by atoms with Crippen LogP contribution in [0.2, 0.25) is 0 Å². The van der Waals surface area contributed by atoms with Crippen molar-refractivity contribution in [1.29, 1.82) is 5.26 Å². The van der Waals surface area contributed by atoms with Gasteiger partial charge in [-0.2, -0.15) is 5.26 Å². The van der Waals surface area contributed by atoms with Crippen molar-refractivity contribution in [2.75, 3.05) is 0 Å². The summed E-state index contributed by atoms with van der Waals surface area (Å²) in [6.07, 6.45) is 0. The molecular weight excluding hydrogens is 298 g/mol. The second kappa shape index (κ2) is 5.99. The number of hydrogen-bond donors (Lipinski definition) is 1. The molecule has 7 heteroatoms. The summed E-state index contributed by atoms with van der Waals surface area (Å²) >= 11 is 0. The fourth-order valence-corrected chi connectivity index (χ4v) is 2.66. The molecule has 0 unspecified atom stereocenters. The predicted molar refractivity (Wildman–Crippen MR) is 71.5 cm³/mol. The number of hydrogen-bond acceptors (Lipinski definition) is 3. The van der Waals surface area contributed by atoms with Crippen LogP contribution in [-0.4, -0.2) is 8.42 Å². The fourth-order valence-electron chi connectivity index (χ4n) is 1.62. The summed E-state index contributed by atoms with van der Waals surface area (Å²) in [5, 5.41) is 8.70. The number of benzene rings is 2. The maximum absolute atomic E-state index is 13.2. The third-order valence-corrected chi connectivity index (χ3v) is 4.15. The minimum Gasteiger partial charge on any atom is -0.207 e. The maximum Gasteiger partial charge on any atom is 0.240 e. The normalized spacial score (nSPS) is 11.1. The van der Waals surface area contributed by atoms with Crippen LogP contribution in [-0.2, 0) is 16.6 Å². The Morgan fingerprint density at radius 3 is 2.38 bits per heavy atom. The van der Waals surface area contributed by atoms with E-state index in [4.69, 9.17) is 5.26 Å². The van der Waals surface area contributed by atoms with Gasteiger partial charge in [0.2, 0.25) is 10.0 Å². The van der Waals surface area contributed by atoms with Gasteiger partial charge in [-0.1, -0.05) is 12.1 Å². The molecule has 0 aliphatic heterocycles. The average Bonchev–Trinajstić information content (AvgIpc) is 2.47. The topological polar surface area (TPSA) is 70.0 Å². The SMILES string of the molecule is N#Cc1cc(S(=O)(=O)NCc2ccc(F)cc2)ccc1F. The number of nitrogens with one attached hydrogen (secondary N) is 1. The highest BCUT2D eigenvalue weighted by Gasteiger charge is 2.16. The minimum absolute atomic E-state index is 0.0398. The zero-order valence-electron chi connectivity index (χ0n) is 10.7. The highest BCUT2D eigenvalue weighted by atomic mass is 32.2. The number of nitrogens with zero attached hydrogens (tertiary/aromatic N) is 1. The zero-order valence-corrected chi connectivity index (χ0v) is 11.5. The van der Waals surface area contributed by atoms with Gasteiger partial charge in [0.05, 0.1) is 10.5 Å². The molecule has 0 heterocycles. The summed E-state index contributed by atoms with van der Waals surface area (Å²) < 4.78 is 52.3. The number of rotatable bonds is 4. The second-order valence-corrected chi connectivity index (χ2v) is 5.97. The Morgan fingerprint density at radius 2 is 1.76 bits per heavy atom. The van der Waals surface area contributed by atoms with Crippen LogP contribution in [0.15, 0.2) is 47.4 Å². The lowest BCUT2D eigenvalue weighted by Gasteiger charge is -2.07. The van der Waals surface area contributed by atoms with Crippen LogP contribution in [0.4, 0.5) is 8.78 Å². The number of sulfonamides is 1. The molecule has 2 rings (SSSR count). The highest BCUT2D eigenvalue weighted by molar-refractivity contribution is 7.89. The molecule has 0 atom stereocenters. The molecule has 4 nitrogen and oxygen atoms in total. The quantitative estimate of drug-likeness (QED) is 0.942. The molecule has 0 aliphatic rings. The van der Waals surface area contributed by atoms with Crippen LogP contribution in [0.5, 0.6) is 0 Å². The monoisotopic (exact) mass is 308 g/mol. The van der Waals surface area contributed by atoms with Gasteiger partial charge < -0.3 is 0 Å². The van der Waals surface area contributed by atoms with E-state index in [1.165, 1.54) is 24.3 Å². The Hall–Kier alpha value is -2.30. The van der Waals surface area contributed by atoms with Crippen LogP contribution in [0, 0.1) is 23.0 Å². The summed E-state index contributed by atoms with van der Waals surface area (Å²) in [6.45, 7) is -0.0398. The van der Waals surface area contributed by atoms with E-state index < -0.39 is 21.7 Å². The van der Waals surface area contributed by atoms with Crippen molar-refractivity contribution < 1.29 is 17.2 Å². The van der Waals surface area contributed by atoms with Crippen molar-refractivity contribution in [3.8, 4) is 6.07 Å². The van der Waals surface area contributed by atoms with E-state index in [1.807, 2.05) is 0 Å². The van der Waals surface area contributed by atoms with Crippen molar-refractivity contribution in [2.24, 2.45) is 0 Å². The molecule has 0 spiro atoms. The van der Waals surface area contributed by atoms with E-state index in [2.05, 4.69) is 4.72 Å². The largest absolute Gasteiger partial charge is 0.240 e. The molecule has 2 aromatic rings. The first-order valence-electron chi connectivity index (χ1n) is 5.86. The van der Waals surface area contributed by atoms with Crippen LogP contribution >= 0.6 is 0 Å². The molecule has 0 radical (unpaired) electrons. The summed E-state index contributed by atoms with van der Waals surface area (Å²) in [5.41, 5.74) is 0.224. The van der Waals surface area contributed by atoms with Gasteiger partial charge in [0.1, 0.15) is 17.7 Å². The fraction of sp³-hybridized carbons (Fsp3) is 0.0714. The Morgan fingerprint density at radius 1 is 1.10 bits per heavy atom. The van der Waals surface area contributed by atoms with Gasteiger partial charge in [0.25, 0.3) is 0 Å². The molecule has 1 N–H and O–H groups in total. The van der Waals surface area contributed by atoms with E-state index in [9.17, 15) is 17.2 Å². The second-order valence-electron chi connectivity index (χ2n) is 4.20. The smallest absolute Gasteiger partial charge is 0.207 e. The summed E-state index contributed by atoms with van der Waals surface area (Å²) in [6, 6.07) is 9.86. The Kier molecular flexibility index (Phi) is 4.31. The third-order valence-electron chi connectivity index (χ3n) is 2.75. The molecular formula is C14H10F2N2O2S. The Labute approximate surface area is 120 Å². The lowest BCUT2D eigenvalue weighted by molar-refractivity contribution is 0.580. The first-order chi connectivity index (χ1) is 9.92. The number of halogens is 2. The van der Waals surface area contributed by atoms with E-state index in [0.717, 1.165) is 18.2 Å². The van der Waals surface area contributed by atoms with Crippen LogP contribution in [0.3, 0.4) is 0 Å². The van der Waals surface area contributed by atoms with Gasteiger partial charge in [-0.15, -0.1) is 0 Å². The van der Waals surface area contributed by atoms with E-state index in [-0.39, 0.29) is 17.0 Å². The van der Waals surface area contributed by atoms with Crippen LogP contribution in [0.1, 0.15) is 11.1 Å². The van der Waals surface area contributed by atoms with Gasteiger partial charge in [-0.3, -0.25) is 0 Å². The van der Waals surface area contributed by atoms with Crippen molar-refractivity contribution in [3.63, 3.8) is 0 Å². The van der Waals surface area contributed by atoms with Crippen molar-refractivity contribution in [2.45, 2.75) is 11.4 Å². The predicted octanol–water partition coefficient (Wildman–Crippen LogP) is 2.31. The van der Waals surface area contributed by atoms with Crippen LogP contribution in [0.25, 0.3) is 0 Å². The first-order valence-corrected chi connectivity index (χ1v) is 7.34. The standard InChI is InChI=1S/C14H10F2N2O2S/c15-12-3-1-10(2-4-12)9-18-21(19,20)13-5-6-14(16)11(7-13)8-17/h1-7,18H,9H2. The van der Waals surface area contributed by atoms with Gasteiger partial charge in [0, 0.05) is 6.54 Å². The van der Waals surface area contributed by atoms with Gasteiger partial charge in [0.15, 0.2) is 0 Å². The molecule has 0 bridgehead atoms. The van der Waals surface area contributed by atoms with Gasteiger partial charge in [-0.25, -0.2) is 21.9 Å². The summed E-state index contributed by atoms with van der Waals surface area (Å²) in [4.78, 5) is -0.206.